The van der Waals surface area contributed by atoms with Gasteiger partial charge in [-0.1, -0.05) is 19.1 Å². The Hall–Kier alpha value is -1.39. The molecule has 0 bridgehead atoms. The van der Waals surface area contributed by atoms with Crippen LogP contribution >= 0.6 is 0 Å². The van der Waals surface area contributed by atoms with E-state index < -0.39 is 6.10 Å². The standard InChI is InChI=1S/C12H18N2O2/c1-2-11(15)8-14-12(16)10-5-3-9(7-13)4-6-10/h3-6,11,15H,2,7-8,13H2,1H3,(H,14,16). The van der Waals surface area contributed by atoms with E-state index in [1.165, 1.54) is 0 Å². The van der Waals surface area contributed by atoms with Crippen molar-refractivity contribution in [2.75, 3.05) is 6.54 Å². The number of amides is 1. The highest BCUT2D eigenvalue weighted by atomic mass is 16.3. The lowest BCUT2D eigenvalue weighted by molar-refractivity contribution is 0.0914. The SMILES string of the molecule is CCC(O)CNC(=O)c1ccc(CN)cc1. The molecule has 0 heterocycles. The van der Waals surface area contributed by atoms with E-state index in [2.05, 4.69) is 5.32 Å². The molecular formula is C12H18N2O2. The zero-order chi connectivity index (χ0) is 12.0. The Morgan fingerprint density at radius 3 is 2.56 bits per heavy atom. The minimum Gasteiger partial charge on any atom is -0.391 e. The monoisotopic (exact) mass is 222 g/mol. The van der Waals surface area contributed by atoms with Gasteiger partial charge in [0, 0.05) is 18.7 Å². The van der Waals surface area contributed by atoms with Crippen LogP contribution in [0.5, 0.6) is 0 Å². The first kappa shape index (κ1) is 12.7. The highest BCUT2D eigenvalue weighted by molar-refractivity contribution is 5.94. The molecule has 1 unspecified atom stereocenters. The van der Waals surface area contributed by atoms with Crippen LogP contribution in [-0.2, 0) is 6.54 Å². The molecule has 1 aromatic rings. The van der Waals surface area contributed by atoms with Crippen LogP contribution in [-0.4, -0.2) is 23.7 Å². The van der Waals surface area contributed by atoms with Gasteiger partial charge in [0.15, 0.2) is 0 Å². The maximum Gasteiger partial charge on any atom is 0.251 e. The summed E-state index contributed by atoms with van der Waals surface area (Å²) < 4.78 is 0. The van der Waals surface area contributed by atoms with Crippen molar-refractivity contribution in [3.63, 3.8) is 0 Å². The van der Waals surface area contributed by atoms with Crippen molar-refractivity contribution in [3.05, 3.63) is 35.4 Å². The van der Waals surface area contributed by atoms with Crippen LogP contribution in [0, 0.1) is 0 Å². The molecule has 4 nitrogen and oxygen atoms in total. The van der Waals surface area contributed by atoms with E-state index in [0.29, 0.717) is 18.5 Å². The van der Waals surface area contributed by atoms with Gasteiger partial charge in [0.2, 0.25) is 0 Å². The summed E-state index contributed by atoms with van der Waals surface area (Å²) in [5.41, 5.74) is 7.03. The molecule has 4 N–H and O–H groups in total. The first-order chi connectivity index (χ1) is 7.67. The highest BCUT2D eigenvalue weighted by Crippen LogP contribution is 2.03. The lowest BCUT2D eigenvalue weighted by Crippen LogP contribution is -2.31. The summed E-state index contributed by atoms with van der Waals surface area (Å²) in [5, 5.41) is 12.0. The lowest BCUT2D eigenvalue weighted by atomic mass is 10.1. The third kappa shape index (κ3) is 3.64. The van der Waals surface area contributed by atoms with E-state index in [-0.39, 0.29) is 12.5 Å². The fourth-order valence-electron chi connectivity index (χ4n) is 1.25. The average molecular weight is 222 g/mol. The van der Waals surface area contributed by atoms with Gasteiger partial charge in [-0.15, -0.1) is 0 Å². The second-order valence-corrected chi connectivity index (χ2v) is 3.67. The normalized spacial score (nSPS) is 12.2. The molecule has 16 heavy (non-hydrogen) atoms. The van der Waals surface area contributed by atoms with Gasteiger partial charge in [-0.3, -0.25) is 4.79 Å². The van der Waals surface area contributed by atoms with Crippen molar-refractivity contribution >= 4 is 5.91 Å². The molecule has 0 aliphatic rings. The van der Waals surface area contributed by atoms with E-state index in [1.54, 1.807) is 12.1 Å². The number of carbonyl (C=O) groups is 1. The number of hydrogen-bond acceptors (Lipinski definition) is 3. The van der Waals surface area contributed by atoms with Gasteiger partial charge in [-0.2, -0.15) is 0 Å². The molecule has 0 saturated carbocycles. The van der Waals surface area contributed by atoms with Gasteiger partial charge in [-0.05, 0) is 24.1 Å². The minimum atomic E-state index is -0.479. The van der Waals surface area contributed by atoms with Gasteiger partial charge in [0.1, 0.15) is 0 Å². The number of nitrogens with two attached hydrogens (primary N) is 1. The summed E-state index contributed by atoms with van der Waals surface area (Å²) in [5.74, 6) is -0.170. The lowest BCUT2D eigenvalue weighted by Gasteiger charge is -2.09. The van der Waals surface area contributed by atoms with E-state index in [1.807, 2.05) is 19.1 Å². The van der Waals surface area contributed by atoms with Crippen molar-refractivity contribution in [2.24, 2.45) is 5.73 Å². The smallest absolute Gasteiger partial charge is 0.251 e. The number of aliphatic hydroxyl groups is 1. The molecule has 1 aromatic carbocycles. The minimum absolute atomic E-state index is 0.170. The van der Waals surface area contributed by atoms with Crippen LogP contribution in [0.4, 0.5) is 0 Å². The number of rotatable bonds is 5. The summed E-state index contributed by atoms with van der Waals surface area (Å²) in [6, 6.07) is 7.11. The van der Waals surface area contributed by atoms with Crippen LogP contribution in [0.3, 0.4) is 0 Å². The van der Waals surface area contributed by atoms with E-state index >= 15 is 0 Å². The van der Waals surface area contributed by atoms with Crippen LogP contribution < -0.4 is 11.1 Å². The molecule has 0 aliphatic heterocycles. The molecule has 0 fully saturated rings. The van der Waals surface area contributed by atoms with Crippen molar-refractivity contribution < 1.29 is 9.90 Å². The van der Waals surface area contributed by atoms with Gasteiger partial charge < -0.3 is 16.2 Å². The summed E-state index contributed by atoms with van der Waals surface area (Å²) >= 11 is 0. The zero-order valence-electron chi connectivity index (χ0n) is 9.44. The van der Waals surface area contributed by atoms with Gasteiger partial charge in [0.05, 0.1) is 6.10 Å². The van der Waals surface area contributed by atoms with Gasteiger partial charge >= 0.3 is 0 Å². The molecule has 4 heteroatoms. The Labute approximate surface area is 95.5 Å². The molecule has 0 aromatic heterocycles. The summed E-state index contributed by atoms with van der Waals surface area (Å²) in [7, 11) is 0. The summed E-state index contributed by atoms with van der Waals surface area (Å²) in [4.78, 5) is 11.6. The Bertz CT molecular complexity index is 335. The quantitative estimate of drug-likeness (QED) is 0.684. The van der Waals surface area contributed by atoms with Crippen LogP contribution in [0.25, 0.3) is 0 Å². The predicted molar refractivity (Wildman–Crippen MR) is 63.0 cm³/mol. The van der Waals surface area contributed by atoms with E-state index in [0.717, 1.165) is 5.56 Å². The topological polar surface area (TPSA) is 75.3 Å². The number of hydrogen-bond donors (Lipinski definition) is 3. The number of nitrogens with one attached hydrogen (secondary N) is 1. The second kappa shape index (κ2) is 6.25. The van der Waals surface area contributed by atoms with Crippen LogP contribution in [0.2, 0.25) is 0 Å². The number of carbonyl (C=O) groups excluding carboxylic acids is 1. The third-order valence-corrected chi connectivity index (χ3v) is 2.42. The Balaban J connectivity index is 2.52. The van der Waals surface area contributed by atoms with Crippen molar-refractivity contribution in [1.82, 2.24) is 5.32 Å². The molecule has 0 spiro atoms. The van der Waals surface area contributed by atoms with Crippen LogP contribution in [0.15, 0.2) is 24.3 Å². The highest BCUT2D eigenvalue weighted by Gasteiger charge is 2.07. The van der Waals surface area contributed by atoms with E-state index in [9.17, 15) is 9.90 Å². The molecule has 1 rings (SSSR count). The molecule has 1 atom stereocenters. The van der Waals surface area contributed by atoms with Crippen LogP contribution in [0.1, 0.15) is 29.3 Å². The summed E-state index contributed by atoms with van der Waals surface area (Å²) in [6.45, 7) is 2.62. The number of aliphatic hydroxyl groups excluding tert-OH is 1. The molecule has 0 aliphatic carbocycles. The fraction of sp³-hybridized carbons (Fsp3) is 0.417. The maximum absolute atomic E-state index is 11.6. The molecule has 0 radical (unpaired) electrons. The Kier molecular flexibility index (Phi) is 4.95. The van der Waals surface area contributed by atoms with Crippen molar-refractivity contribution in [1.29, 1.82) is 0 Å². The van der Waals surface area contributed by atoms with Gasteiger partial charge in [0.25, 0.3) is 5.91 Å². The summed E-state index contributed by atoms with van der Waals surface area (Å²) in [6.07, 6.45) is 0.152. The largest absolute Gasteiger partial charge is 0.391 e. The van der Waals surface area contributed by atoms with Crippen molar-refractivity contribution in [2.45, 2.75) is 26.0 Å². The fourth-order valence-corrected chi connectivity index (χ4v) is 1.25. The zero-order valence-corrected chi connectivity index (χ0v) is 9.44. The molecular weight excluding hydrogens is 204 g/mol. The Morgan fingerprint density at radius 2 is 2.06 bits per heavy atom. The first-order valence-corrected chi connectivity index (χ1v) is 5.42. The molecule has 88 valence electrons. The van der Waals surface area contributed by atoms with Gasteiger partial charge in [-0.25, -0.2) is 0 Å². The molecule has 0 saturated heterocycles. The van der Waals surface area contributed by atoms with E-state index in [4.69, 9.17) is 5.73 Å². The molecule has 1 amide bonds. The first-order valence-electron chi connectivity index (χ1n) is 5.42. The second-order valence-electron chi connectivity index (χ2n) is 3.67. The average Bonchev–Trinajstić information content (AvgIpc) is 2.35. The maximum atomic E-state index is 11.6. The third-order valence-electron chi connectivity index (χ3n) is 2.42. The number of benzene rings is 1. The van der Waals surface area contributed by atoms with Crippen molar-refractivity contribution in [3.8, 4) is 0 Å². The predicted octanol–water partition coefficient (Wildman–Crippen LogP) is 0.646. The Morgan fingerprint density at radius 1 is 1.44 bits per heavy atom.